The second kappa shape index (κ2) is 4.60. The van der Waals surface area contributed by atoms with E-state index in [1.807, 2.05) is 0 Å². The number of aryl methyl sites for hydroxylation is 1. The van der Waals surface area contributed by atoms with Crippen molar-refractivity contribution in [3.05, 3.63) is 23.0 Å². The number of hydrogen-bond donors (Lipinski definition) is 1. The van der Waals surface area contributed by atoms with Crippen molar-refractivity contribution < 1.29 is 0 Å². The zero-order valence-electron chi connectivity index (χ0n) is 10.9. The van der Waals surface area contributed by atoms with Crippen molar-refractivity contribution in [2.75, 3.05) is 26.2 Å². The van der Waals surface area contributed by atoms with Crippen molar-refractivity contribution in [3.8, 4) is 0 Å². The molecule has 0 saturated carbocycles. The van der Waals surface area contributed by atoms with E-state index in [2.05, 4.69) is 48.7 Å². The lowest BCUT2D eigenvalue weighted by molar-refractivity contribution is 0.185. The molecule has 3 heteroatoms. The highest BCUT2D eigenvalue weighted by Crippen LogP contribution is 2.25. The Labute approximate surface area is 98.4 Å². The van der Waals surface area contributed by atoms with E-state index in [0.717, 1.165) is 26.2 Å². The molecule has 1 aromatic rings. The minimum absolute atomic E-state index is 0.544. The highest BCUT2D eigenvalue weighted by Gasteiger charge is 2.21. The minimum Gasteiger partial charge on any atom is -0.352 e. The van der Waals surface area contributed by atoms with Gasteiger partial charge in [-0.2, -0.15) is 0 Å². The van der Waals surface area contributed by atoms with Crippen LogP contribution < -0.4 is 5.32 Å². The Morgan fingerprint density at radius 2 is 1.88 bits per heavy atom. The predicted octanol–water partition coefficient (Wildman–Crippen LogP) is 1.61. The van der Waals surface area contributed by atoms with Gasteiger partial charge in [0.2, 0.25) is 0 Å². The van der Waals surface area contributed by atoms with E-state index in [9.17, 15) is 0 Å². The van der Waals surface area contributed by atoms with Crippen molar-refractivity contribution in [2.24, 2.45) is 7.05 Å². The molecule has 0 amide bonds. The van der Waals surface area contributed by atoms with Gasteiger partial charge in [-0.3, -0.25) is 4.90 Å². The van der Waals surface area contributed by atoms with Gasteiger partial charge in [-0.1, -0.05) is 0 Å². The van der Waals surface area contributed by atoms with Crippen molar-refractivity contribution >= 4 is 0 Å². The molecule has 1 aliphatic rings. The van der Waals surface area contributed by atoms with Crippen LogP contribution in [0.5, 0.6) is 0 Å². The highest BCUT2D eigenvalue weighted by molar-refractivity contribution is 5.29. The molecule has 0 bridgehead atoms. The first-order valence-corrected chi connectivity index (χ1v) is 6.19. The summed E-state index contributed by atoms with van der Waals surface area (Å²) in [5, 5.41) is 3.41. The quantitative estimate of drug-likeness (QED) is 0.819. The maximum Gasteiger partial charge on any atom is 0.0338 e. The van der Waals surface area contributed by atoms with Crippen LogP contribution in [0.3, 0.4) is 0 Å². The molecule has 2 heterocycles. The third-order valence-corrected chi connectivity index (χ3v) is 3.96. The van der Waals surface area contributed by atoms with E-state index in [0.29, 0.717) is 6.04 Å². The molecule has 1 fully saturated rings. The fourth-order valence-electron chi connectivity index (χ4n) is 2.57. The standard InChI is InChI=1S/C13H23N3/c1-10-9-13(11(2)15(10)4)12(3)16-7-5-14-6-8-16/h9,12,14H,5-8H2,1-4H3. The van der Waals surface area contributed by atoms with Gasteiger partial charge in [0.1, 0.15) is 0 Å². The van der Waals surface area contributed by atoms with E-state index in [4.69, 9.17) is 0 Å². The normalized spacial score (nSPS) is 20.0. The molecule has 16 heavy (non-hydrogen) atoms. The van der Waals surface area contributed by atoms with Gasteiger partial charge in [0.05, 0.1) is 0 Å². The van der Waals surface area contributed by atoms with E-state index in [1.54, 1.807) is 0 Å². The second-order valence-corrected chi connectivity index (χ2v) is 4.85. The van der Waals surface area contributed by atoms with Gasteiger partial charge in [-0.05, 0) is 32.4 Å². The van der Waals surface area contributed by atoms with Gasteiger partial charge in [0.25, 0.3) is 0 Å². The van der Waals surface area contributed by atoms with Crippen molar-refractivity contribution in [3.63, 3.8) is 0 Å². The van der Waals surface area contributed by atoms with E-state index in [-0.39, 0.29) is 0 Å². The fraction of sp³-hybridized carbons (Fsp3) is 0.692. The van der Waals surface area contributed by atoms with Crippen LogP contribution in [0.4, 0.5) is 0 Å². The van der Waals surface area contributed by atoms with Crippen molar-refractivity contribution in [1.29, 1.82) is 0 Å². The van der Waals surface area contributed by atoms with Gasteiger partial charge < -0.3 is 9.88 Å². The van der Waals surface area contributed by atoms with Crippen LogP contribution in [0.25, 0.3) is 0 Å². The first-order chi connectivity index (χ1) is 7.61. The summed E-state index contributed by atoms with van der Waals surface area (Å²) in [7, 11) is 2.15. The van der Waals surface area contributed by atoms with Crippen LogP contribution >= 0.6 is 0 Å². The molecule has 1 aliphatic heterocycles. The topological polar surface area (TPSA) is 20.2 Å². The molecule has 0 spiro atoms. The molecule has 1 unspecified atom stereocenters. The molecule has 90 valence electrons. The Balaban J connectivity index is 2.19. The van der Waals surface area contributed by atoms with Gasteiger partial charge in [0, 0.05) is 50.7 Å². The largest absolute Gasteiger partial charge is 0.352 e. The Bertz CT molecular complexity index is 361. The highest BCUT2D eigenvalue weighted by atomic mass is 15.2. The molecule has 1 saturated heterocycles. The molecule has 2 rings (SSSR count). The van der Waals surface area contributed by atoms with Gasteiger partial charge in [-0.15, -0.1) is 0 Å². The maximum absolute atomic E-state index is 3.41. The fourth-order valence-corrected chi connectivity index (χ4v) is 2.57. The smallest absolute Gasteiger partial charge is 0.0338 e. The van der Waals surface area contributed by atoms with Gasteiger partial charge in [-0.25, -0.2) is 0 Å². The number of nitrogens with one attached hydrogen (secondary N) is 1. The van der Waals surface area contributed by atoms with Crippen LogP contribution in [-0.4, -0.2) is 35.6 Å². The number of nitrogens with zero attached hydrogens (tertiary/aromatic N) is 2. The Hall–Kier alpha value is -0.800. The third kappa shape index (κ3) is 2.02. The zero-order chi connectivity index (χ0) is 11.7. The molecular formula is C13H23N3. The summed E-state index contributed by atoms with van der Waals surface area (Å²) >= 11 is 0. The summed E-state index contributed by atoms with van der Waals surface area (Å²) in [5.74, 6) is 0. The van der Waals surface area contributed by atoms with Gasteiger partial charge >= 0.3 is 0 Å². The van der Waals surface area contributed by atoms with Crippen LogP contribution in [-0.2, 0) is 7.05 Å². The lowest BCUT2D eigenvalue weighted by Gasteiger charge is -2.33. The maximum atomic E-state index is 3.41. The summed E-state index contributed by atoms with van der Waals surface area (Å²) in [5.41, 5.74) is 4.25. The zero-order valence-corrected chi connectivity index (χ0v) is 10.9. The monoisotopic (exact) mass is 221 g/mol. The first kappa shape index (κ1) is 11.7. The molecule has 0 aromatic carbocycles. The second-order valence-electron chi connectivity index (χ2n) is 4.85. The number of rotatable bonds is 2. The molecule has 0 radical (unpaired) electrons. The molecular weight excluding hydrogens is 198 g/mol. The lowest BCUT2D eigenvalue weighted by Crippen LogP contribution is -2.44. The van der Waals surface area contributed by atoms with Crippen LogP contribution in [0.2, 0.25) is 0 Å². The number of piperazine rings is 1. The first-order valence-electron chi connectivity index (χ1n) is 6.19. The summed E-state index contributed by atoms with van der Waals surface area (Å²) in [6.45, 7) is 11.3. The number of aromatic nitrogens is 1. The molecule has 1 atom stereocenters. The predicted molar refractivity (Wildman–Crippen MR) is 67.7 cm³/mol. The lowest BCUT2D eigenvalue weighted by atomic mass is 10.1. The average molecular weight is 221 g/mol. The van der Waals surface area contributed by atoms with Crippen LogP contribution in [0.1, 0.15) is 29.9 Å². The Morgan fingerprint density at radius 3 is 2.38 bits per heavy atom. The van der Waals surface area contributed by atoms with E-state index in [1.165, 1.54) is 17.0 Å². The summed E-state index contributed by atoms with van der Waals surface area (Å²) in [6, 6.07) is 2.88. The SMILES string of the molecule is Cc1cc(C(C)N2CCNCC2)c(C)n1C. The molecule has 3 nitrogen and oxygen atoms in total. The summed E-state index contributed by atoms with van der Waals surface area (Å²) in [4.78, 5) is 2.57. The van der Waals surface area contributed by atoms with Crippen molar-refractivity contribution in [2.45, 2.75) is 26.8 Å². The van der Waals surface area contributed by atoms with Crippen molar-refractivity contribution in [1.82, 2.24) is 14.8 Å². The summed E-state index contributed by atoms with van der Waals surface area (Å²) < 4.78 is 2.29. The van der Waals surface area contributed by atoms with Crippen LogP contribution in [0, 0.1) is 13.8 Å². The number of hydrogen-bond acceptors (Lipinski definition) is 2. The van der Waals surface area contributed by atoms with Crippen LogP contribution in [0.15, 0.2) is 6.07 Å². The van der Waals surface area contributed by atoms with E-state index >= 15 is 0 Å². The Morgan fingerprint density at radius 1 is 1.25 bits per heavy atom. The molecule has 1 N–H and O–H groups in total. The Kier molecular flexibility index (Phi) is 3.36. The third-order valence-electron chi connectivity index (χ3n) is 3.96. The summed E-state index contributed by atoms with van der Waals surface area (Å²) in [6.07, 6.45) is 0. The van der Waals surface area contributed by atoms with E-state index < -0.39 is 0 Å². The average Bonchev–Trinajstić information content (AvgIpc) is 2.57. The minimum atomic E-state index is 0.544. The molecule has 1 aromatic heterocycles. The molecule has 0 aliphatic carbocycles. The van der Waals surface area contributed by atoms with Gasteiger partial charge in [0.15, 0.2) is 0 Å².